The van der Waals surface area contributed by atoms with Crippen LogP contribution < -0.4 is 0 Å². The SMILES string of the molecule is COCCS(=O)(=O)N1CCC(CCO)C1. The van der Waals surface area contributed by atoms with Gasteiger partial charge in [-0.05, 0) is 18.8 Å². The van der Waals surface area contributed by atoms with Crippen LogP contribution in [-0.4, -0.2) is 57.0 Å². The molecular weight excluding hydrogens is 218 g/mol. The molecule has 1 rings (SSSR count). The second kappa shape index (κ2) is 5.79. The summed E-state index contributed by atoms with van der Waals surface area (Å²) in [6, 6.07) is 0. The van der Waals surface area contributed by atoms with Gasteiger partial charge in [-0.1, -0.05) is 0 Å². The Morgan fingerprint density at radius 1 is 1.53 bits per heavy atom. The zero-order valence-corrected chi connectivity index (χ0v) is 9.87. The summed E-state index contributed by atoms with van der Waals surface area (Å²) in [6.07, 6.45) is 1.54. The molecule has 15 heavy (non-hydrogen) atoms. The molecule has 0 radical (unpaired) electrons. The minimum atomic E-state index is -3.15. The van der Waals surface area contributed by atoms with Crippen LogP contribution >= 0.6 is 0 Å². The quantitative estimate of drug-likeness (QED) is 0.687. The van der Waals surface area contributed by atoms with E-state index in [0.717, 1.165) is 6.42 Å². The Bertz CT molecular complexity index is 278. The van der Waals surface area contributed by atoms with Gasteiger partial charge in [0.2, 0.25) is 10.0 Å². The van der Waals surface area contributed by atoms with E-state index < -0.39 is 10.0 Å². The first-order valence-corrected chi connectivity index (χ1v) is 6.78. The smallest absolute Gasteiger partial charge is 0.216 e. The van der Waals surface area contributed by atoms with Crippen molar-refractivity contribution in [2.24, 2.45) is 5.92 Å². The van der Waals surface area contributed by atoms with Gasteiger partial charge in [0.1, 0.15) is 0 Å². The lowest BCUT2D eigenvalue weighted by molar-refractivity contribution is 0.215. The summed E-state index contributed by atoms with van der Waals surface area (Å²) in [6.45, 7) is 1.50. The standard InChI is InChI=1S/C9H19NO4S/c1-14-6-7-15(12,13)10-4-2-9(8-10)3-5-11/h9,11H,2-8H2,1H3. The first-order chi connectivity index (χ1) is 7.10. The second-order valence-electron chi connectivity index (χ2n) is 3.83. The fourth-order valence-electron chi connectivity index (χ4n) is 1.79. The van der Waals surface area contributed by atoms with Crippen molar-refractivity contribution in [2.45, 2.75) is 12.8 Å². The van der Waals surface area contributed by atoms with Gasteiger partial charge in [-0.2, -0.15) is 0 Å². The van der Waals surface area contributed by atoms with Crippen molar-refractivity contribution in [1.29, 1.82) is 0 Å². The summed E-state index contributed by atoms with van der Waals surface area (Å²) in [5.74, 6) is 0.363. The van der Waals surface area contributed by atoms with Crippen LogP contribution in [-0.2, 0) is 14.8 Å². The Hall–Kier alpha value is -0.170. The largest absolute Gasteiger partial charge is 0.396 e. The van der Waals surface area contributed by atoms with Gasteiger partial charge >= 0.3 is 0 Å². The van der Waals surface area contributed by atoms with Gasteiger partial charge in [0.25, 0.3) is 0 Å². The van der Waals surface area contributed by atoms with Crippen LogP contribution in [0.5, 0.6) is 0 Å². The molecule has 0 spiro atoms. The molecule has 0 aromatic heterocycles. The maximum atomic E-state index is 11.7. The molecular formula is C9H19NO4S. The first-order valence-electron chi connectivity index (χ1n) is 5.17. The highest BCUT2D eigenvalue weighted by Crippen LogP contribution is 2.21. The predicted molar refractivity (Wildman–Crippen MR) is 57.0 cm³/mol. The Kier molecular flexibility index (Phi) is 4.98. The van der Waals surface area contributed by atoms with Crippen molar-refractivity contribution in [3.05, 3.63) is 0 Å². The lowest BCUT2D eigenvalue weighted by atomic mass is 10.1. The summed E-state index contributed by atoms with van der Waals surface area (Å²) < 4.78 is 29.7. The summed E-state index contributed by atoms with van der Waals surface area (Å²) in [5.41, 5.74) is 0. The normalized spacial score (nSPS) is 23.5. The molecule has 6 heteroatoms. The summed E-state index contributed by atoms with van der Waals surface area (Å²) >= 11 is 0. The number of nitrogens with zero attached hydrogens (tertiary/aromatic N) is 1. The molecule has 1 N–H and O–H groups in total. The molecule has 0 aliphatic carbocycles. The molecule has 0 saturated carbocycles. The van der Waals surface area contributed by atoms with Gasteiger partial charge < -0.3 is 9.84 Å². The van der Waals surface area contributed by atoms with Gasteiger partial charge in [0.15, 0.2) is 0 Å². The van der Waals surface area contributed by atoms with Crippen molar-refractivity contribution in [2.75, 3.05) is 39.2 Å². The number of sulfonamides is 1. The van der Waals surface area contributed by atoms with Gasteiger partial charge in [-0.3, -0.25) is 0 Å². The van der Waals surface area contributed by atoms with E-state index in [1.54, 1.807) is 0 Å². The maximum Gasteiger partial charge on any atom is 0.216 e. The molecule has 1 heterocycles. The molecule has 1 saturated heterocycles. The van der Waals surface area contributed by atoms with E-state index in [4.69, 9.17) is 9.84 Å². The molecule has 0 amide bonds. The van der Waals surface area contributed by atoms with E-state index in [9.17, 15) is 8.42 Å². The van der Waals surface area contributed by atoms with E-state index >= 15 is 0 Å². The number of hydrogen-bond acceptors (Lipinski definition) is 4. The molecule has 90 valence electrons. The lowest BCUT2D eigenvalue weighted by Gasteiger charge is -2.15. The minimum Gasteiger partial charge on any atom is -0.396 e. The van der Waals surface area contributed by atoms with E-state index in [0.29, 0.717) is 25.4 Å². The first kappa shape index (κ1) is 12.9. The van der Waals surface area contributed by atoms with Crippen LogP contribution in [0.25, 0.3) is 0 Å². The van der Waals surface area contributed by atoms with Gasteiger partial charge in [0.05, 0.1) is 12.4 Å². The van der Waals surface area contributed by atoms with Crippen LogP contribution in [0.3, 0.4) is 0 Å². The molecule has 1 atom stereocenters. The zero-order chi connectivity index (χ0) is 11.3. The van der Waals surface area contributed by atoms with Crippen LogP contribution in [0.4, 0.5) is 0 Å². The van der Waals surface area contributed by atoms with E-state index in [-0.39, 0.29) is 19.0 Å². The fourth-order valence-corrected chi connectivity index (χ4v) is 3.24. The second-order valence-corrected chi connectivity index (χ2v) is 5.92. The van der Waals surface area contributed by atoms with E-state index in [1.807, 2.05) is 0 Å². The van der Waals surface area contributed by atoms with E-state index in [2.05, 4.69) is 0 Å². The molecule has 1 fully saturated rings. The third-order valence-electron chi connectivity index (χ3n) is 2.72. The van der Waals surface area contributed by atoms with Gasteiger partial charge in [-0.15, -0.1) is 0 Å². The number of rotatable bonds is 6. The minimum absolute atomic E-state index is 0.0509. The van der Waals surface area contributed by atoms with E-state index in [1.165, 1.54) is 11.4 Å². The molecule has 1 aliphatic heterocycles. The zero-order valence-electron chi connectivity index (χ0n) is 9.05. The highest BCUT2D eigenvalue weighted by Gasteiger charge is 2.30. The topological polar surface area (TPSA) is 66.8 Å². The average molecular weight is 237 g/mol. The number of methoxy groups -OCH3 is 1. The fraction of sp³-hybridized carbons (Fsp3) is 1.00. The number of ether oxygens (including phenoxy) is 1. The molecule has 5 nitrogen and oxygen atoms in total. The Labute approximate surface area is 91.1 Å². The van der Waals surface area contributed by atoms with Crippen molar-refractivity contribution in [1.82, 2.24) is 4.31 Å². The van der Waals surface area contributed by atoms with Crippen LogP contribution in [0, 0.1) is 5.92 Å². The van der Waals surface area contributed by atoms with Crippen molar-refractivity contribution in [3.8, 4) is 0 Å². The maximum absolute atomic E-state index is 11.7. The van der Waals surface area contributed by atoms with Crippen LogP contribution in [0.2, 0.25) is 0 Å². The van der Waals surface area contributed by atoms with Gasteiger partial charge in [-0.25, -0.2) is 12.7 Å². The average Bonchev–Trinajstić information content (AvgIpc) is 2.65. The molecule has 1 aliphatic rings. The van der Waals surface area contributed by atoms with Crippen molar-refractivity contribution >= 4 is 10.0 Å². The van der Waals surface area contributed by atoms with Crippen LogP contribution in [0.1, 0.15) is 12.8 Å². The highest BCUT2D eigenvalue weighted by atomic mass is 32.2. The Morgan fingerprint density at radius 3 is 2.87 bits per heavy atom. The monoisotopic (exact) mass is 237 g/mol. The number of hydrogen-bond donors (Lipinski definition) is 1. The number of aliphatic hydroxyl groups is 1. The summed E-state index contributed by atoms with van der Waals surface area (Å²) in [5, 5.41) is 8.77. The highest BCUT2D eigenvalue weighted by molar-refractivity contribution is 7.89. The van der Waals surface area contributed by atoms with Crippen molar-refractivity contribution in [3.63, 3.8) is 0 Å². The summed E-state index contributed by atoms with van der Waals surface area (Å²) in [7, 11) is -1.65. The molecule has 0 aromatic carbocycles. The van der Waals surface area contributed by atoms with Gasteiger partial charge in [0, 0.05) is 26.8 Å². The Balaban J connectivity index is 2.45. The lowest BCUT2D eigenvalue weighted by Crippen LogP contribution is -2.32. The summed E-state index contributed by atoms with van der Waals surface area (Å²) in [4.78, 5) is 0. The number of aliphatic hydroxyl groups excluding tert-OH is 1. The Morgan fingerprint density at radius 2 is 2.27 bits per heavy atom. The molecule has 0 aromatic rings. The molecule has 1 unspecified atom stereocenters. The molecule has 0 bridgehead atoms. The van der Waals surface area contributed by atoms with Crippen molar-refractivity contribution < 1.29 is 18.3 Å². The third kappa shape index (κ3) is 3.71. The predicted octanol–water partition coefficient (Wildman–Crippen LogP) is -0.333. The van der Waals surface area contributed by atoms with Crippen LogP contribution in [0.15, 0.2) is 0 Å². The third-order valence-corrected chi connectivity index (χ3v) is 4.53.